The molecule has 0 atom stereocenters. The number of nitrogens with one attached hydrogen (secondary N) is 2. The van der Waals surface area contributed by atoms with Crippen molar-refractivity contribution < 1.29 is 23.8 Å². The number of methoxy groups -OCH3 is 3. The molecule has 3 aromatic carbocycles. The van der Waals surface area contributed by atoms with Gasteiger partial charge in [0.2, 0.25) is 11.7 Å². The lowest BCUT2D eigenvalue weighted by Crippen LogP contribution is -2.25. The number of hydrogen-bond donors (Lipinski definition) is 2. The van der Waals surface area contributed by atoms with Crippen LogP contribution in [-0.4, -0.2) is 53.7 Å². The number of ether oxygens (including phenoxy) is 3. The van der Waals surface area contributed by atoms with Crippen LogP contribution in [0, 0.1) is 20.8 Å². The van der Waals surface area contributed by atoms with Crippen LogP contribution in [0.25, 0.3) is 5.69 Å². The Morgan fingerprint density at radius 3 is 2.24 bits per heavy atom. The second-order valence-electron chi connectivity index (χ2n) is 9.33. The van der Waals surface area contributed by atoms with Crippen LogP contribution in [-0.2, 0) is 11.3 Å². The molecule has 0 spiro atoms. The van der Waals surface area contributed by atoms with Crippen molar-refractivity contribution >= 4 is 29.3 Å². The van der Waals surface area contributed by atoms with E-state index < -0.39 is 0 Å². The summed E-state index contributed by atoms with van der Waals surface area (Å²) in [5.74, 6) is 1.28. The van der Waals surface area contributed by atoms with Crippen LogP contribution >= 0.6 is 11.8 Å². The molecule has 0 saturated heterocycles. The van der Waals surface area contributed by atoms with E-state index in [0.29, 0.717) is 33.8 Å². The Hall–Kier alpha value is -4.51. The second-order valence-corrected chi connectivity index (χ2v) is 10.3. The van der Waals surface area contributed by atoms with Crippen molar-refractivity contribution in [2.75, 3.05) is 32.4 Å². The number of rotatable bonds is 11. The number of anilines is 1. The van der Waals surface area contributed by atoms with Crippen LogP contribution in [0.4, 0.5) is 5.69 Å². The van der Waals surface area contributed by atoms with Gasteiger partial charge in [-0.05, 0) is 67.8 Å². The van der Waals surface area contributed by atoms with Gasteiger partial charge in [0.25, 0.3) is 5.91 Å². The van der Waals surface area contributed by atoms with Crippen LogP contribution in [0.3, 0.4) is 0 Å². The third kappa shape index (κ3) is 6.98. The first-order chi connectivity index (χ1) is 19.7. The van der Waals surface area contributed by atoms with Gasteiger partial charge in [-0.2, -0.15) is 0 Å². The van der Waals surface area contributed by atoms with E-state index in [1.54, 1.807) is 12.1 Å². The molecule has 0 aliphatic rings. The Labute approximate surface area is 243 Å². The van der Waals surface area contributed by atoms with Crippen molar-refractivity contribution in [3.8, 4) is 22.9 Å². The Balaban J connectivity index is 1.57. The zero-order valence-corrected chi connectivity index (χ0v) is 24.7. The highest BCUT2D eigenvalue weighted by atomic mass is 32.2. The highest BCUT2D eigenvalue weighted by Crippen LogP contribution is 2.38. The van der Waals surface area contributed by atoms with Gasteiger partial charge in [-0.1, -0.05) is 36.0 Å². The van der Waals surface area contributed by atoms with Gasteiger partial charge in [0.1, 0.15) is 0 Å². The van der Waals surface area contributed by atoms with Gasteiger partial charge in [0.05, 0.1) is 39.3 Å². The summed E-state index contributed by atoms with van der Waals surface area (Å²) < 4.78 is 18.0. The third-order valence-electron chi connectivity index (χ3n) is 6.27. The van der Waals surface area contributed by atoms with Crippen LogP contribution in [0.1, 0.15) is 32.9 Å². The van der Waals surface area contributed by atoms with Gasteiger partial charge in [-0.15, -0.1) is 10.2 Å². The summed E-state index contributed by atoms with van der Waals surface area (Å²) in [7, 11) is 4.49. The van der Waals surface area contributed by atoms with E-state index in [1.807, 2.05) is 67.8 Å². The van der Waals surface area contributed by atoms with Gasteiger partial charge < -0.3 is 24.8 Å². The Bertz CT molecular complexity index is 1540. The lowest BCUT2D eigenvalue weighted by atomic mass is 10.1. The third-order valence-corrected chi connectivity index (χ3v) is 7.20. The van der Waals surface area contributed by atoms with Crippen molar-refractivity contribution in [3.63, 3.8) is 0 Å². The van der Waals surface area contributed by atoms with Crippen molar-refractivity contribution in [2.24, 2.45) is 0 Å². The monoisotopic (exact) mass is 575 g/mol. The number of hydrogen-bond acceptors (Lipinski definition) is 8. The fourth-order valence-corrected chi connectivity index (χ4v) is 5.00. The van der Waals surface area contributed by atoms with Crippen LogP contribution in [0.2, 0.25) is 0 Å². The van der Waals surface area contributed by atoms with E-state index >= 15 is 0 Å². The highest BCUT2D eigenvalue weighted by Gasteiger charge is 2.20. The zero-order chi connectivity index (χ0) is 29.5. The molecule has 1 aromatic heterocycles. The number of carbonyl (C=O) groups excluding carboxylic acids is 2. The molecule has 0 fully saturated rings. The molecular formula is C30H33N5O5S. The maximum absolute atomic E-state index is 13.2. The summed E-state index contributed by atoms with van der Waals surface area (Å²) in [5, 5.41) is 15.1. The fourth-order valence-electron chi connectivity index (χ4n) is 4.23. The number of carbonyl (C=O) groups is 2. The summed E-state index contributed by atoms with van der Waals surface area (Å²) in [6, 6.07) is 16.9. The first-order valence-corrected chi connectivity index (χ1v) is 13.8. The number of amides is 2. The van der Waals surface area contributed by atoms with E-state index in [9.17, 15) is 9.59 Å². The molecule has 1 heterocycles. The van der Waals surface area contributed by atoms with E-state index in [-0.39, 0.29) is 24.1 Å². The summed E-state index contributed by atoms with van der Waals surface area (Å²) in [6.07, 6.45) is 0. The lowest BCUT2D eigenvalue weighted by Gasteiger charge is -2.15. The van der Waals surface area contributed by atoms with E-state index in [1.165, 1.54) is 33.1 Å². The molecule has 0 aliphatic carbocycles. The average Bonchev–Trinajstić information content (AvgIpc) is 3.37. The summed E-state index contributed by atoms with van der Waals surface area (Å²) in [5.41, 5.74) is 5.05. The lowest BCUT2D eigenvalue weighted by molar-refractivity contribution is -0.113. The number of thioether (sulfide) groups is 1. The second kappa shape index (κ2) is 13.2. The maximum atomic E-state index is 13.2. The van der Waals surface area contributed by atoms with Crippen molar-refractivity contribution in [2.45, 2.75) is 32.5 Å². The van der Waals surface area contributed by atoms with Gasteiger partial charge >= 0.3 is 0 Å². The Kier molecular flexibility index (Phi) is 9.51. The molecule has 0 unspecified atom stereocenters. The molecule has 4 rings (SSSR count). The quantitative estimate of drug-likeness (QED) is 0.243. The molecule has 0 radical (unpaired) electrons. The summed E-state index contributed by atoms with van der Waals surface area (Å²) in [4.78, 5) is 25.9. The van der Waals surface area contributed by atoms with Crippen LogP contribution in [0.15, 0.2) is 59.8 Å². The molecule has 0 bridgehead atoms. The predicted molar refractivity (Wildman–Crippen MR) is 159 cm³/mol. The molecule has 214 valence electrons. The predicted octanol–water partition coefficient (Wildman–Crippen LogP) is 4.88. The van der Waals surface area contributed by atoms with Gasteiger partial charge in [-0.25, -0.2) is 0 Å². The number of benzene rings is 3. The number of aromatic nitrogens is 3. The molecule has 2 N–H and O–H groups in total. The minimum absolute atomic E-state index is 0.0892. The SMILES string of the molecule is COc1cc(C(=O)NCc2nnc(SCC(=O)Nc3cccc(C)c3)n2-c2cc(C)ccc2C)cc(OC)c1OC. The van der Waals surface area contributed by atoms with E-state index in [4.69, 9.17) is 14.2 Å². The first-order valence-electron chi connectivity index (χ1n) is 12.8. The molecule has 4 aromatic rings. The Morgan fingerprint density at radius 2 is 1.59 bits per heavy atom. The molecule has 41 heavy (non-hydrogen) atoms. The summed E-state index contributed by atoms with van der Waals surface area (Å²) >= 11 is 1.27. The molecule has 10 nitrogen and oxygen atoms in total. The smallest absolute Gasteiger partial charge is 0.251 e. The van der Waals surface area contributed by atoms with Crippen LogP contribution in [0.5, 0.6) is 17.2 Å². The highest BCUT2D eigenvalue weighted by molar-refractivity contribution is 7.99. The van der Waals surface area contributed by atoms with Crippen molar-refractivity contribution in [1.82, 2.24) is 20.1 Å². The first kappa shape index (κ1) is 29.5. The number of nitrogens with zero attached hydrogens (tertiary/aromatic N) is 3. The van der Waals surface area contributed by atoms with Crippen molar-refractivity contribution in [1.29, 1.82) is 0 Å². The molecule has 0 saturated carbocycles. The van der Waals surface area contributed by atoms with Gasteiger partial charge in [0.15, 0.2) is 22.5 Å². The summed E-state index contributed by atoms with van der Waals surface area (Å²) in [6.45, 7) is 6.05. The van der Waals surface area contributed by atoms with E-state index in [2.05, 4.69) is 20.8 Å². The van der Waals surface area contributed by atoms with Crippen molar-refractivity contribution in [3.05, 3.63) is 82.7 Å². The largest absolute Gasteiger partial charge is 0.493 e. The molecule has 0 aliphatic heterocycles. The fraction of sp³-hybridized carbons (Fsp3) is 0.267. The number of aryl methyl sites for hydroxylation is 3. The molecule has 11 heteroatoms. The zero-order valence-electron chi connectivity index (χ0n) is 23.9. The topological polar surface area (TPSA) is 117 Å². The standard InChI is InChI=1S/C30H33N5O5S/c1-18-8-7-9-22(12-18)32-27(36)17-41-30-34-33-26(35(30)23-13-19(2)10-11-20(23)3)16-31-29(37)21-14-24(38-4)28(40-6)25(15-21)39-5/h7-15H,16-17H2,1-6H3,(H,31,37)(H,32,36). The maximum Gasteiger partial charge on any atom is 0.251 e. The average molecular weight is 576 g/mol. The normalized spacial score (nSPS) is 10.7. The Morgan fingerprint density at radius 1 is 0.878 bits per heavy atom. The van der Waals surface area contributed by atoms with E-state index in [0.717, 1.165) is 28.1 Å². The molecule has 2 amide bonds. The minimum Gasteiger partial charge on any atom is -0.493 e. The van der Waals surface area contributed by atoms with Gasteiger partial charge in [0, 0.05) is 11.3 Å². The van der Waals surface area contributed by atoms with Gasteiger partial charge in [-0.3, -0.25) is 14.2 Å². The van der Waals surface area contributed by atoms with Crippen LogP contribution < -0.4 is 24.8 Å². The molecular weight excluding hydrogens is 542 g/mol. The minimum atomic E-state index is -0.355.